The van der Waals surface area contributed by atoms with Gasteiger partial charge in [0, 0.05) is 41.3 Å². The van der Waals surface area contributed by atoms with Crippen molar-refractivity contribution in [3.05, 3.63) is 107 Å². The minimum absolute atomic E-state index is 0.144. The van der Waals surface area contributed by atoms with Gasteiger partial charge in [0.05, 0.1) is 12.2 Å². The number of amides is 2. The van der Waals surface area contributed by atoms with Crippen molar-refractivity contribution in [2.75, 3.05) is 11.9 Å². The summed E-state index contributed by atoms with van der Waals surface area (Å²) in [6.45, 7) is 8.52. The maximum absolute atomic E-state index is 12.6. The van der Waals surface area contributed by atoms with Crippen LogP contribution >= 0.6 is 0 Å². The van der Waals surface area contributed by atoms with Crippen molar-refractivity contribution in [2.45, 2.75) is 26.4 Å². The highest BCUT2D eigenvalue weighted by Gasteiger charge is 2.19. The Morgan fingerprint density at radius 1 is 0.909 bits per heavy atom. The molecule has 6 nitrogen and oxygen atoms in total. The summed E-state index contributed by atoms with van der Waals surface area (Å²) in [5, 5.41) is 2.73. The Bertz CT molecular complexity index is 1170. The Morgan fingerprint density at radius 3 is 2.42 bits per heavy atom. The Balaban J connectivity index is 1.30. The number of anilines is 1. The Kier molecular flexibility index (Phi) is 6.86. The summed E-state index contributed by atoms with van der Waals surface area (Å²) in [5.74, 6) is -0.380. The zero-order valence-electron chi connectivity index (χ0n) is 18.8. The van der Waals surface area contributed by atoms with E-state index in [1.54, 1.807) is 12.1 Å². The van der Waals surface area contributed by atoms with E-state index in [2.05, 4.69) is 47.0 Å². The molecule has 0 fully saturated rings. The number of nitrogens with one attached hydrogen (secondary N) is 4. The summed E-state index contributed by atoms with van der Waals surface area (Å²) in [5.41, 5.74) is 12.2. The first kappa shape index (κ1) is 22.3. The molecule has 4 rings (SSSR count). The molecule has 0 bridgehead atoms. The van der Waals surface area contributed by atoms with E-state index >= 15 is 0 Å². The second kappa shape index (κ2) is 10.1. The van der Waals surface area contributed by atoms with Crippen LogP contribution in [0.1, 0.15) is 39.5 Å². The van der Waals surface area contributed by atoms with Crippen LogP contribution in [0.25, 0.3) is 5.70 Å². The normalized spacial score (nSPS) is 14.6. The van der Waals surface area contributed by atoms with Gasteiger partial charge in [0.15, 0.2) is 0 Å². The lowest BCUT2D eigenvalue weighted by atomic mass is 9.99. The minimum Gasteiger partial charge on any atom is -0.327 e. The molecule has 3 aromatic rings. The molecular weight excluding hydrogens is 412 g/mol. The fraction of sp³-hybridized carbons (Fsp3) is 0.185. The first-order valence-electron chi connectivity index (χ1n) is 11.1. The SMILES string of the molecule is C=C(NNC(=O)c1ccc(C[NH+]2CCc3ccccc3C2)cc1)c1cccc(NC(C)=O)c1. The van der Waals surface area contributed by atoms with Crippen molar-refractivity contribution in [3.8, 4) is 0 Å². The van der Waals surface area contributed by atoms with Crippen LogP contribution in [0.3, 0.4) is 0 Å². The third kappa shape index (κ3) is 5.87. The number of hydrazine groups is 1. The van der Waals surface area contributed by atoms with Gasteiger partial charge in [0.25, 0.3) is 5.91 Å². The predicted molar refractivity (Wildman–Crippen MR) is 130 cm³/mol. The molecule has 1 heterocycles. The predicted octanol–water partition coefficient (Wildman–Crippen LogP) is 2.69. The van der Waals surface area contributed by atoms with E-state index in [1.165, 1.54) is 28.5 Å². The van der Waals surface area contributed by atoms with Gasteiger partial charge < -0.3 is 10.2 Å². The molecule has 33 heavy (non-hydrogen) atoms. The highest BCUT2D eigenvalue weighted by atomic mass is 16.2. The standard InChI is InChI=1S/C27H28N4O2/c1-19(24-8-5-9-26(16-24)28-20(2)32)29-30-27(33)23-12-10-21(11-13-23)17-31-15-14-22-6-3-4-7-25(22)18-31/h3-13,16,29H,1,14-15,17-18H2,2H3,(H,28,32)(H,30,33)/p+1. The third-order valence-corrected chi connectivity index (χ3v) is 5.84. The van der Waals surface area contributed by atoms with Crippen molar-refractivity contribution in [1.82, 2.24) is 10.9 Å². The number of fused-ring (bicyclic) bond motifs is 1. The Hall–Kier alpha value is -3.90. The number of rotatable bonds is 7. The maximum atomic E-state index is 12.6. The fourth-order valence-electron chi connectivity index (χ4n) is 4.12. The molecule has 3 aromatic carbocycles. The smallest absolute Gasteiger partial charge is 0.269 e. The van der Waals surface area contributed by atoms with E-state index in [1.807, 2.05) is 36.4 Å². The first-order valence-corrected chi connectivity index (χ1v) is 11.1. The van der Waals surface area contributed by atoms with Crippen molar-refractivity contribution < 1.29 is 14.5 Å². The van der Waals surface area contributed by atoms with Crippen LogP contribution in [-0.4, -0.2) is 18.4 Å². The topological polar surface area (TPSA) is 74.7 Å². The van der Waals surface area contributed by atoms with E-state index < -0.39 is 0 Å². The third-order valence-electron chi connectivity index (χ3n) is 5.84. The number of carbonyl (C=O) groups is 2. The summed E-state index contributed by atoms with van der Waals surface area (Å²) < 4.78 is 0. The molecule has 168 valence electrons. The lowest BCUT2D eigenvalue weighted by molar-refractivity contribution is -0.929. The summed E-state index contributed by atoms with van der Waals surface area (Å²) in [4.78, 5) is 25.3. The number of hydrogen-bond acceptors (Lipinski definition) is 3. The van der Waals surface area contributed by atoms with Gasteiger partial charge >= 0.3 is 0 Å². The van der Waals surface area contributed by atoms with Crippen LogP contribution in [-0.2, 0) is 24.3 Å². The summed E-state index contributed by atoms with van der Waals surface area (Å²) in [7, 11) is 0. The zero-order chi connectivity index (χ0) is 23.2. The van der Waals surface area contributed by atoms with Crippen LogP contribution in [0.4, 0.5) is 5.69 Å². The van der Waals surface area contributed by atoms with E-state index in [0.29, 0.717) is 16.9 Å². The molecule has 1 aliphatic rings. The minimum atomic E-state index is -0.236. The summed E-state index contributed by atoms with van der Waals surface area (Å²) in [6, 6.07) is 23.7. The largest absolute Gasteiger partial charge is 0.327 e. The van der Waals surface area contributed by atoms with E-state index in [-0.39, 0.29) is 11.8 Å². The average molecular weight is 442 g/mol. The highest BCUT2D eigenvalue weighted by Crippen LogP contribution is 2.15. The van der Waals surface area contributed by atoms with Gasteiger partial charge in [-0.15, -0.1) is 0 Å². The van der Waals surface area contributed by atoms with Gasteiger partial charge in [-0.1, -0.05) is 55.1 Å². The van der Waals surface area contributed by atoms with Gasteiger partial charge in [-0.25, -0.2) is 0 Å². The number of benzene rings is 3. The number of hydrogen-bond donors (Lipinski definition) is 4. The molecule has 0 saturated heterocycles. The van der Waals surface area contributed by atoms with Gasteiger partial charge in [-0.3, -0.25) is 20.4 Å². The number of quaternary nitrogens is 1. The highest BCUT2D eigenvalue weighted by molar-refractivity contribution is 5.94. The monoisotopic (exact) mass is 441 g/mol. The molecule has 0 aliphatic carbocycles. The Morgan fingerprint density at radius 2 is 1.67 bits per heavy atom. The summed E-state index contributed by atoms with van der Waals surface area (Å²) in [6.07, 6.45) is 1.11. The van der Waals surface area contributed by atoms with Crippen LogP contribution in [0.5, 0.6) is 0 Å². The second-order valence-electron chi connectivity index (χ2n) is 8.39. The lowest BCUT2D eigenvalue weighted by Gasteiger charge is -2.26. The average Bonchev–Trinajstić information content (AvgIpc) is 2.82. The fourth-order valence-corrected chi connectivity index (χ4v) is 4.12. The molecule has 1 aliphatic heterocycles. The molecule has 0 spiro atoms. The molecule has 0 radical (unpaired) electrons. The van der Waals surface area contributed by atoms with Crippen molar-refractivity contribution in [1.29, 1.82) is 0 Å². The van der Waals surface area contributed by atoms with Crippen LogP contribution in [0.15, 0.2) is 79.4 Å². The zero-order valence-corrected chi connectivity index (χ0v) is 18.8. The molecular formula is C27H29N4O2+. The molecule has 1 unspecified atom stereocenters. The van der Waals surface area contributed by atoms with Gasteiger partial charge in [-0.2, -0.15) is 0 Å². The first-order chi connectivity index (χ1) is 16.0. The van der Waals surface area contributed by atoms with E-state index in [0.717, 1.165) is 31.6 Å². The molecule has 4 N–H and O–H groups in total. The summed E-state index contributed by atoms with van der Waals surface area (Å²) >= 11 is 0. The molecule has 0 aromatic heterocycles. The maximum Gasteiger partial charge on any atom is 0.269 e. The second-order valence-corrected chi connectivity index (χ2v) is 8.39. The van der Waals surface area contributed by atoms with Gasteiger partial charge in [-0.05, 0) is 29.8 Å². The molecule has 1 atom stereocenters. The van der Waals surface area contributed by atoms with E-state index in [4.69, 9.17) is 0 Å². The molecule has 6 heteroatoms. The Labute approximate surface area is 194 Å². The molecule has 0 saturated carbocycles. The quantitative estimate of drug-likeness (QED) is 0.426. The number of carbonyl (C=O) groups excluding carboxylic acids is 2. The van der Waals surface area contributed by atoms with Gasteiger partial charge in [0.1, 0.15) is 13.1 Å². The van der Waals surface area contributed by atoms with Crippen LogP contribution in [0.2, 0.25) is 0 Å². The van der Waals surface area contributed by atoms with E-state index in [9.17, 15) is 9.59 Å². The van der Waals surface area contributed by atoms with Crippen LogP contribution < -0.4 is 21.1 Å². The van der Waals surface area contributed by atoms with Crippen molar-refractivity contribution in [3.63, 3.8) is 0 Å². The van der Waals surface area contributed by atoms with Crippen LogP contribution in [0, 0.1) is 0 Å². The van der Waals surface area contributed by atoms with Crippen molar-refractivity contribution >= 4 is 23.2 Å². The van der Waals surface area contributed by atoms with Crippen molar-refractivity contribution in [2.24, 2.45) is 0 Å². The molecule has 2 amide bonds. The lowest BCUT2D eigenvalue weighted by Crippen LogP contribution is -3.10. The van der Waals surface area contributed by atoms with Gasteiger partial charge in [0.2, 0.25) is 5.91 Å².